The molecule has 2 unspecified atom stereocenters. The van der Waals surface area contributed by atoms with Gasteiger partial charge in [-0.25, -0.2) is 0 Å². The van der Waals surface area contributed by atoms with Gasteiger partial charge < -0.3 is 10.2 Å². The van der Waals surface area contributed by atoms with Gasteiger partial charge in [-0.2, -0.15) is 0 Å². The van der Waals surface area contributed by atoms with Gasteiger partial charge in [0.15, 0.2) is 0 Å². The van der Waals surface area contributed by atoms with Gasteiger partial charge in [0.05, 0.1) is 0 Å². The van der Waals surface area contributed by atoms with Crippen molar-refractivity contribution in [2.75, 3.05) is 32.7 Å². The molecule has 0 radical (unpaired) electrons. The summed E-state index contributed by atoms with van der Waals surface area (Å²) in [4.78, 5) is 17.0. The summed E-state index contributed by atoms with van der Waals surface area (Å²) in [6.07, 6.45) is 3.34. The summed E-state index contributed by atoms with van der Waals surface area (Å²) in [5, 5.41) is 3.24. The van der Waals surface area contributed by atoms with E-state index in [1.807, 2.05) is 0 Å². The molecule has 3 aliphatic rings. The minimum atomic E-state index is 0.385. The highest BCUT2D eigenvalue weighted by Gasteiger charge is 2.37. The molecular weight excluding hydrogens is 214 g/mol. The van der Waals surface area contributed by atoms with Gasteiger partial charge in [-0.1, -0.05) is 0 Å². The number of carbonyl (C=O) groups is 1. The van der Waals surface area contributed by atoms with Crippen molar-refractivity contribution in [3.8, 4) is 0 Å². The first-order valence-corrected chi connectivity index (χ1v) is 6.98. The lowest BCUT2D eigenvalue weighted by atomic mass is 9.97. The Morgan fingerprint density at radius 2 is 2.18 bits per heavy atom. The molecule has 4 heteroatoms. The fraction of sp³-hybridized carbons (Fsp3) is 0.923. The number of nitrogens with zero attached hydrogens (tertiary/aromatic N) is 2. The third kappa shape index (κ3) is 2.20. The highest BCUT2D eigenvalue weighted by atomic mass is 16.2. The summed E-state index contributed by atoms with van der Waals surface area (Å²) in [7, 11) is 0. The summed E-state index contributed by atoms with van der Waals surface area (Å²) in [5.74, 6) is 0.979. The molecule has 0 aliphatic carbocycles. The second-order valence-electron chi connectivity index (χ2n) is 5.91. The van der Waals surface area contributed by atoms with E-state index in [0.717, 1.165) is 32.6 Å². The minimum absolute atomic E-state index is 0.385. The lowest BCUT2D eigenvalue weighted by molar-refractivity contribution is -0.138. The standard InChI is InChI=1S/C13H23N3O/c1-10-8-15-4-2-3-12(15)9-16(10)13(17)5-11-6-14-7-11/h10-12,14H,2-9H2,1H3. The van der Waals surface area contributed by atoms with Crippen LogP contribution < -0.4 is 5.32 Å². The predicted octanol–water partition coefficient (Wildman–Crippen LogP) is 0.291. The third-order valence-corrected chi connectivity index (χ3v) is 4.59. The van der Waals surface area contributed by atoms with Crippen molar-refractivity contribution in [2.45, 2.75) is 38.3 Å². The normalized spacial score (nSPS) is 34.5. The number of amides is 1. The quantitative estimate of drug-likeness (QED) is 0.750. The second-order valence-corrected chi connectivity index (χ2v) is 5.91. The molecule has 0 saturated carbocycles. The first-order chi connectivity index (χ1) is 8.24. The molecule has 0 spiro atoms. The van der Waals surface area contributed by atoms with Crippen LogP contribution in [-0.4, -0.2) is 60.5 Å². The van der Waals surface area contributed by atoms with E-state index in [9.17, 15) is 4.79 Å². The van der Waals surface area contributed by atoms with Crippen molar-refractivity contribution in [3.63, 3.8) is 0 Å². The van der Waals surface area contributed by atoms with Crippen molar-refractivity contribution >= 4 is 5.91 Å². The first kappa shape index (κ1) is 11.5. The fourth-order valence-corrected chi connectivity index (χ4v) is 3.39. The predicted molar refractivity (Wildman–Crippen MR) is 66.7 cm³/mol. The molecule has 0 bridgehead atoms. The number of hydrogen-bond donors (Lipinski definition) is 1. The van der Waals surface area contributed by atoms with Gasteiger partial charge in [0, 0.05) is 31.6 Å². The SMILES string of the molecule is CC1CN2CCCC2CN1C(=O)CC1CNC1. The fourth-order valence-electron chi connectivity index (χ4n) is 3.39. The van der Waals surface area contributed by atoms with Crippen LogP contribution in [0.2, 0.25) is 0 Å². The highest BCUT2D eigenvalue weighted by molar-refractivity contribution is 5.77. The van der Waals surface area contributed by atoms with Crippen LogP contribution in [0, 0.1) is 5.92 Å². The third-order valence-electron chi connectivity index (χ3n) is 4.59. The van der Waals surface area contributed by atoms with E-state index in [-0.39, 0.29) is 0 Å². The molecule has 2 atom stereocenters. The monoisotopic (exact) mass is 237 g/mol. The van der Waals surface area contributed by atoms with Crippen molar-refractivity contribution in [1.29, 1.82) is 0 Å². The van der Waals surface area contributed by atoms with Crippen LogP contribution >= 0.6 is 0 Å². The van der Waals surface area contributed by atoms with Gasteiger partial charge in [0.1, 0.15) is 0 Å². The zero-order chi connectivity index (χ0) is 11.8. The molecule has 3 fully saturated rings. The molecule has 17 heavy (non-hydrogen) atoms. The van der Waals surface area contributed by atoms with Crippen LogP contribution in [0.4, 0.5) is 0 Å². The molecule has 0 aromatic rings. The first-order valence-electron chi connectivity index (χ1n) is 6.98. The molecule has 3 saturated heterocycles. The molecule has 0 aromatic carbocycles. The molecule has 1 amide bonds. The van der Waals surface area contributed by atoms with Crippen LogP contribution in [0.5, 0.6) is 0 Å². The Kier molecular flexibility index (Phi) is 3.09. The molecule has 4 nitrogen and oxygen atoms in total. The Morgan fingerprint density at radius 3 is 2.88 bits per heavy atom. The summed E-state index contributed by atoms with van der Waals surface area (Å²) < 4.78 is 0. The van der Waals surface area contributed by atoms with Gasteiger partial charge in [-0.3, -0.25) is 9.69 Å². The molecule has 0 aromatic heterocycles. The number of hydrogen-bond acceptors (Lipinski definition) is 3. The van der Waals surface area contributed by atoms with Crippen molar-refractivity contribution < 1.29 is 4.79 Å². The average molecular weight is 237 g/mol. The van der Waals surface area contributed by atoms with Crippen molar-refractivity contribution in [1.82, 2.24) is 15.1 Å². The minimum Gasteiger partial charge on any atom is -0.337 e. The molecule has 3 rings (SSSR count). The van der Waals surface area contributed by atoms with Crippen molar-refractivity contribution in [2.24, 2.45) is 5.92 Å². The van der Waals surface area contributed by atoms with E-state index in [1.165, 1.54) is 19.4 Å². The smallest absolute Gasteiger partial charge is 0.223 e. The second kappa shape index (κ2) is 4.58. The molecule has 3 heterocycles. The maximum atomic E-state index is 12.3. The van der Waals surface area contributed by atoms with Crippen LogP contribution in [0.25, 0.3) is 0 Å². The van der Waals surface area contributed by atoms with Crippen LogP contribution in [-0.2, 0) is 4.79 Å². The lowest BCUT2D eigenvalue weighted by Crippen LogP contribution is -2.57. The number of rotatable bonds is 2. The molecule has 3 aliphatic heterocycles. The molecule has 96 valence electrons. The van der Waals surface area contributed by atoms with Gasteiger partial charge in [0.25, 0.3) is 0 Å². The van der Waals surface area contributed by atoms with E-state index in [4.69, 9.17) is 0 Å². The number of nitrogens with one attached hydrogen (secondary N) is 1. The Bertz CT molecular complexity index is 303. The van der Waals surface area contributed by atoms with Gasteiger partial charge in [-0.15, -0.1) is 0 Å². The molecular formula is C13H23N3O. The number of piperazine rings is 1. The summed E-state index contributed by atoms with van der Waals surface area (Å²) in [6, 6.07) is 1.06. The van der Waals surface area contributed by atoms with Crippen LogP contribution in [0.3, 0.4) is 0 Å². The van der Waals surface area contributed by atoms with E-state index in [0.29, 0.717) is 23.9 Å². The Labute approximate surface area is 103 Å². The van der Waals surface area contributed by atoms with Gasteiger partial charge >= 0.3 is 0 Å². The van der Waals surface area contributed by atoms with Gasteiger partial charge in [0.2, 0.25) is 5.91 Å². The Balaban J connectivity index is 1.59. The highest BCUT2D eigenvalue weighted by Crippen LogP contribution is 2.25. The van der Waals surface area contributed by atoms with Crippen LogP contribution in [0.1, 0.15) is 26.2 Å². The lowest BCUT2D eigenvalue weighted by Gasteiger charge is -2.43. The summed E-state index contributed by atoms with van der Waals surface area (Å²) >= 11 is 0. The zero-order valence-electron chi connectivity index (χ0n) is 10.7. The van der Waals surface area contributed by atoms with Gasteiger partial charge in [-0.05, 0) is 45.3 Å². The van der Waals surface area contributed by atoms with E-state index in [1.54, 1.807) is 0 Å². The Morgan fingerprint density at radius 1 is 1.35 bits per heavy atom. The van der Waals surface area contributed by atoms with Crippen LogP contribution in [0.15, 0.2) is 0 Å². The number of carbonyl (C=O) groups excluding carboxylic acids is 1. The maximum Gasteiger partial charge on any atom is 0.223 e. The maximum absolute atomic E-state index is 12.3. The Hall–Kier alpha value is -0.610. The van der Waals surface area contributed by atoms with E-state index in [2.05, 4.69) is 22.0 Å². The largest absolute Gasteiger partial charge is 0.337 e. The van der Waals surface area contributed by atoms with E-state index < -0.39 is 0 Å². The molecule has 1 N–H and O–H groups in total. The zero-order valence-corrected chi connectivity index (χ0v) is 10.7. The topological polar surface area (TPSA) is 35.6 Å². The summed E-state index contributed by atoms with van der Waals surface area (Å²) in [6.45, 7) is 7.56. The average Bonchev–Trinajstić information content (AvgIpc) is 2.68. The van der Waals surface area contributed by atoms with Crippen molar-refractivity contribution in [3.05, 3.63) is 0 Å². The summed E-state index contributed by atoms with van der Waals surface area (Å²) in [5.41, 5.74) is 0. The van der Waals surface area contributed by atoms with E-state index >= 15 is 0 Å². The number of fused-ring (bicyclic) bond motifs is 1.